The molecule has 168 valence electrons. The lowest BCUT2D eigenvalue weighted by Gasteiger charge is -2.29. The fraction of sp³-hybridized carbons (Fsp3) is 0.750. The van der Waals surface area contributed by atoms with E-state index in [1.807, 2.05) is 45.0 Å². The zero-order chi connectivity index (χ0) is 22.1. The first kappa shape index (κ1) is 22.9. The van der Waals surface area contributed by atoms with Crippen molar-refractivity contribution >= 4 is 12.1 Å². The van der Waals surface area contributed by atoms with Gasteiger partial charge < -0.3 is 15.1 Å². The second-order valence-electron chi connectivity index (χ2n) is 10.1. The number of nitrogens with one attached hydrogen (secondary N) is 1. The first-order valence-electron chi connectivity index (χ1n) is 11.7. The third kappa shape index (κ3) is 4.16. The topological polar surface area (TPSA) is 55.9 Å². The van der Waals surface area contributed by atoms with E-state index in [1.54, 1.807) is 0 Å². The Morgan fingerprint density at radius 2 is 1.93 bits per heavy atom. The van der Waals surface area contributed by atoms with Gasteiger partial charge in [-0.2, -0.15) is 0 Å². The number of amides is 4. The minimum atomic E-state index is -0.280. The average molecular weight is 417 g/mol. The van der Waals surface area contributed by atoms with Crippen molar-refractivity contribution in [3.63, 3.8) is 0 Å². The molecule has 3 fully saturated rings. The molecule has 1 N–H and O–H groups in total. The van der Waals surface area contributed by atoms with Crippen LogP contribution in [0.1, 0.15) is 59.8 Å². The van der Waals surface area contributed by atoms with Gasteiger partial charge in [0.25, 0.3) is 0 Å². The maximum atomic E-state index is 13.3. The number of nitrogens with zero attached hydrogens (tertiary/aromatic N) is 3. The van der Waals surface area contributed by atoms with Crippen LogP contribution in [0.5, 0.6) is 0 Å². The van der Waals surface area contributed by atoms with Crippen molar-refractivity contribution in [2.24, 2.45) is 17.3 Å². The molecule has 30 heavy (non-hydrogen) atoms. The zero-order valence-electron chi connectivity index (χ0n) is 19.7. The molecule has 0 bridgehead atoms. The molecule has 2 unspecified atom stereocenters. The number of imide groups is 1. The van der Waals surface area contributed by atoms with Gasteiger partial charge >= 0.3 is 12.1 Å². The molecule has 4 aliphatic rings. The largest absolute Gasteiger partial charge is 0.337 e. The highest BCUT2D eigenvalue weighted by Crippen LogP contribution is 2.61. The van der Waals surface area contributed by atoms with E-state index in [4.69, 9.17) is 0 Å². The molecule has 6 heteroatoms. The number of carbonyl (C=O) groups is 2. The summed E-state index contributed by atoms with van der Waals surface area (Å²) in [5.41, 5.74) is 0.558. The van der Waals surface area contributed by atoms with Crippen molar-refractivity contribution in [1.29, 1.82) is 0 Å². The van der Waals surface area contributed by atoms with Crippen molar-refractivity contribution < 1.29 is 9.59 Å². The molecule has 0 aromatic heterocycles. The van der Waals surface area contributed by atoms with Gasteiger partial charge in [0, 0.05) is 25.6 Å². The maximum Gasteiger partial charge on any atom is 0.333 e. The summed E-state index contributed by atoms with van der Waals surface area (Å²) in [6.45, 7) is 10.5. The fourth-order valence-corrected chi connectivity index (χ4v) is 5.53. The summed E-state index contributed by atoms with van der Waals surface area (Å²) in [5, 5.41) is 3.03. The summed E-state index contributed by atoms with van der Waals surface area (Å²) in [6.07, 6.45) is 12.0. The van der Waals surface area contributed by atoms with Crippen molar-refractivity contribution in [3.05, 3.63) is 23.9 Å². The van der Waals surface area contributed by atoms with Crippen molar-refractivity contribution in [2.75, 3.05) is 33.7 Å². The van der Waals surface area contributed by atoms with Gasteiger partial charge in [0.2, 0.25) is 0 Å². The van der Waals surface area contributed by atoms with Gasteiger partial charge in [-0.15, -0.1) is 0 Å². The lowest BCUT2D eigenvalue weighted by atomic mass is 9.93. The number of rotatable bonds is 6. The van der Waals surface area contributed by atoms with Gasteiger partial charge in [-0.3, -0.25) is 0 Å². The Morgan fingerprint density at radius 3 is 2.57 bits per heavy atom. The molecule has 0 aromatic carbocycles. The molecule has 0 aromatic rings. The molecule has 2 atom stereocenters. The van der Waals surface area contributed by atoms with Crippen LogP contribution in [0.4, 0.5) is 9.59 Å². The number of carbonyl (C=O) groups excluding carboxylic acids is 2. The summed E-state index contributed by atoms with van der Waals surface area (Å²) >= 11 is 0. The van der Waals surface area contributed by atoms with Gasteiger partial charge in [-0.25, -0.2) is 14.5 Å². The standard InChI is InChI=1S/C22H34N4O2.C2H6/c1-21(2,15-24(3)4)14-23-19(27)26-18-11-7-10-17-12-22(17,18)25(20(26)28)13-16-8-5-6-9-16;1-2/h7,10-11,16-17H,5-6,8-9,12-15H2,1-4H3,(H,23,27);1-2H3. The van der Waals surface area contributed by atoms with Crippen LogP contribution in [0.25, 0.3) is 0 Å². The molecule has 4 amide bonds. The highest BCUT2D eigenvalue weighted by molar-refractivity contribution is 6.00. The van der Waals surface area contributed by atoms with Gasteiger partial charge in [-0.05, 0) is 50.8 Å². The summed E-state index contributed by atoms with van der Waals surface area (Å²) < 4.78 is 0. The molecule has 3 aliphatic carbocycles. The number of urea groups is 2. The van der Waals surface area contributed by atoms with Gasteiger partial charge in [0.05, 0.1) is 11.2 Å². The highest BCUT2D eigenvalue weighted by atomic mass is 16.2. The Bertz CT molecular complexity index is 721. The molecule has 4 rings (SSSR count). The Morgan fingerprint density at radius 1 is 1.27 bits per heavy atom. The molecular weight excluding hydrogens is 376 g/mol. The van der Waals surface area contributed by atoms with Crippen LogP contribution in [0, 0.1) is 17.3 Å². The summed E-state index contributed by atoms with van der Waals surface area (Å²) in [7, 11) is 4.06. The third-order valence-corrected chi connectivity index (χ3v) is 6.75. The van der Waals surface area contributed by atoms with Crippen LogP contribution in [0.3, 0.4) is 0 Å². The van der Waals surface area contributed by atoms with E-state index >= 15 is 0 Å². The van der Waals surface area contributed by atoms with Crippen LogP contribution in [-0.2, 0) is 0 Å². The van der Waals surface area contributed by atoms with Crippen molar-refractivity contribution in [1.82, 2.24) is 20.0 Å². The van der Waals surface area contributed by atoms with Crippen LogP contribution in [0.2, 0.25) is 0 Å². The number of allylic oxidation sites excluding steroid dienone is 2. The first-order chi connectivity index (χ1) is 14.2. The van der Waals surface area contributed by atoms with Gasteiger partial charge in [0.15, 0.2) is 0 Å². The molecule has 1 spiro atoms. The van der Waals surface area contributed by atoms with Crippen LogP contribution >= 0.6 is 0 Å². The summed E-state index contributed by atoms with van der Waals surface area (Å²) in [5.74, 6) is 0.939. The third-order valence-electron chi connectivity index (χ3n) is 6.75. The van der Waals surface area contributed by atoms with E-state index < -0.39 is 0 Å². The van der Waals surface area contributed by atoms with E-state index in [0.717, 1.165) is 25.2 Å². The second kappa shape index (κ2) is 8.74. The predicted octanol–water partition coefficient (Wildman–Crippen LogP) is 4.45. The van der Waals surface area contributed by atoms with E-state index in [9.17, 15) is 9.59 Å². The summed E-state index contributed by atoms with van der Waals surface area (Å²) in [4.78, 5) is 32.0. The zero-order valence-corrected chi connectivity index (χ0v) is 19.7. The van der Waals surface area contributed by atoms with Crippen LogP contribution in [-0.4, -0.2) is 66.0 Å². The lowest BCUT2D eigenvalue weighted by Crippen LogP contribution is -2.47. The summed E-state index contributed by atoms with van der Waals surface area (Å²) in [6, 6.07) is -0.412. The second-order valence-corrected chi connectivity index (χ2v) is 10.1. The average Bonchev–Trinajstić information content (AvgIpc) is 3.12. The predicted molar refractivity (Wildman–Crippen MR) is 121 cm³/mol. The normalized spacial score (nSPS) is 27.5. The van der Waals surface area contributed by atoms with Gasteiger partial charge in [0.1, 0.15) is 0 Å². The van der Waals surface area contributed by atoms with Crippen LogP contribution < -0.4 is 5.32 Å². The maximum absolute atomic E-state index is 13.3. The van der Waals surface area contributed by atoms with Crippen molar-refractivity contribution in [3.8, 4) is 0 Å². The fourth-order valence-electron chi connectivity index (χ4n) is 5.53. The van der Waals surface area contributed by atoms with E-state index in [2.05, 4.69) is 30.1 Å². The Labute approximate surface area is 182 Å². The molecule has 6 nitrogen and oxygen atoms in total. The SMILES string of the molecule is CC.CN(C)CC(C)(C)CNC(=O)N1C(=O)N(CC2CCCC2)C23CC2C=CC=C13. The minimum absolute atomic E-state index is 0.0634. The highest BCUT2D eigenvalue weighted by Gasteiger charge is 2.69. The minimum Gasteiger partial charge on any atom is -0.337 e. The van der Waals surface area contributed by atoms with Crippen molar-refractivity contribution in [2.45, 2.75) is 65.3 Å². The lowest BCUT2D eigenvalue weighted by molar-refractivity contribution is 0.168. The van der Waals surface area contributed by atoms with E-state index in [0.29, 0.717) is 18.4 Å². The number of hydrogen-bond acceptors (Lipinski definition) is 3. The van der Waals surface area contributed by atoms with Crippen LogP contribution in [0.15, 0.2) is 23.9 Å². The quantitative estimate of drug-likeness (QED) is 0.696. The smallest absolute Gasteiger partial charge is 0.333 e. The Hall–Kier alpha value is -1.82. The van der Waals surface area contributed by atoms with E-state index in [-0.39, 0.29) is 23.0 Å². The molecule has 0 radical (unpaired) electrons. The molecule has 1 heterocycles. The molecule has 1 saturated heterocycles. The molecule has 2 saturated carbocycles. The Balaban J connectivity index is 0.00000124. The number of hydrogen-bond donors (Lipinski definition) is 1. The molecule has 1 aliphatic heterocycles. The van der Waals surface area contributed by atoms with E-state index in [1.165, 1.54) is 30.6 Å². The Kier molecular flexibility index (Phi) is 6.66. The van der Waals surface area contributed by atoms with Gasteiger partial charge in [-0.1, -0.05) is 52.7 Å². The molecular formula is C24H40N4O2. The first-order valence-corrected chi connectivity index (χ1v) is 11.7. The monoisotopic (exact) mass is 416 g/mol.